The normalized spacial score (nSPS) is 12.4. The van der Waals surface area contributed by atoms with Crippen LogP contribution >= 0.6 is 0 Å². The first-order valence-corrected chi connectivity index (χ1v) is 18.1. The zero-order valence-corrected chi connectivity index (χ0v) is 35.2. The predicted octanol–water partition coefficient (Wildman–Crippen LogP) is 12.4. The highest BCUT2D eigenvalue weighted by molar-refractivity contribution is 6.04. The predicted molar refractivity (Wildman–Crippen MR) is 221 cm³/mol. The molecule has 0 aliphatic carbocycles. The van der Waals surface area contributed by atoms with Crippen LogP contribution in [0.3, 0.4) is 0 Å². The summed E-state index contributed by atoms with van der Waals surface area (Å²) in [5.74, 6) is 0.528. The van der Waals surface area contributed by atoms with E-state index in [1.165, 1.54) is 0 Å². The lowest BCUT2D eigenvalue weighted by Gasteiger charge is -2.26. The molecule has 0 aliphatic heterocycles. The number of Topliss-reactive ketones (excluding diaryl/α,β-unsaturated/α-hetero) is 3. The molecular weight excluding hydrogens is 631 g/mol. The molecule has 282 valence electrons. The molecular formula is C45H69N3O3. The molecule has 0 bridgehead atoms. The first-order chi connectivity index (χ1) is 22.8. The van der Waals surface area contributed by atoms with E-state index in [1.807, 2.05) is 135 Å². The van der Waals surface area contributed by atoms with E-state index in [4.69, 9.17) is 0 Å². The van der Waals surface area contributed by atoms with Crippen molar-refractivity contribution in [2.45, 2.75) is 141 Å². The Morgan fingerprint density at radius 2 is 0.804 bits per heavy atom. The largest absolute Gasteiger partial charge is 0.380 e. The molecule has 0 saturated carbocycles. The van der Waals surface area contributed by atoms with Gasteiger partial charge in [-0.25, -0.2) is 0 Å². The molecule has 3 aromatic carbocycles. The topological polar surface area (TPSA) is 87.3 Å². The van der Waals surface area contributed by atoms with Crippen molar-refractivity contribution < 1.29 is 14.4 Å². The summed E-state index contributed by atoms with van der Waals surface area (Å²) in [5.41, 5.74) is 4.26. The summed E-state index contributed by atoms with van der Waals surface area (Å²) in [6, 6.07) is 23.1. The smallest absolute Gasteiger partial charge is 0.170 e. The Labute approximate surface area is 311 Å². The Bertz CT molecular complexity index is 1590. The van der Waals surface area contributed by atoms with Gasteiger partial charge in [0.15, 0.2) is 17.3 Å². The third-order valence-electron chi connectivity index (χ3n) is 7.04. The molecule has 3 aromatic rings. The number of benzene rings is 3. The first kappa shape index (κ1) is 45.1. The zero-order valence-electron chi connectivity index (χ0n) is 35.2. The first-order valence-electron chi connectivity index (χ1n) is 18.1. The molecule has 0 aromatic heterocycles. The van der Waals surface area contributed by atoms with E-state index < -0.39 is 0 Å². The Morgan fingerprint density at radius 3 is 1.24 bits per heavy atom. The molecule has 0 atom stereocenters. The Balaban J connectivity index is 0.000000382. The van der Waals surface area contributed by atoms with E-state index in [9.17, 15) is 14.4 Å². The average Bonchev–Trinajstić information content (AvgIpc) is 2.93. The summed E-state index contributed by atoms with van der Waals surface area (Å²) in [6.07, 6.45) is 0. The van der Waals surface area contributed by atoms with Crippen LogP contribution in [0.5, 0.6) is 0 Å². The fourth-order valence-electron chi connectivity index (χ4n) is 4.77. The van der Waals surface area contributed by atoms with Crippen LogP contribution in [0.1, 0.15) is 156 Å². The number of ketones is 3. The Kier molecular flexibility index (Phi) is 15.1. The highest BCUT2D eigenvalue weighted by atomic mass is 16.1. The number of anilines is 3. The number of hydrogen-bond acceptors (Lipinski definition) is 6. The van der Waals surface area contributed by atoms with E-state index >= 15 is 0 Å². The van der Waals surface area contributed by atoms with Gasteiger partial charge in [0.05, 0.1) is 0 Å². The summed E-state index contributed by atoms with van der Waals surface area (Å²) in [4.78, 5) is 36.5. The van der Waals surface area contributed by atoms with Gasteiger partial charge in [0.2, 0.25) is 0 Å². The monoisotopic (exact) mass is 700 g/mol. The second kappa shape index (κ2) is 17.1. The second-order valence-electron chi connectivity index (χ2n) is 19.6. The lowest BCUT2D eigenvalue weighted by atomic mass is 9.85. The molecule has 0 spiro atoms. The second-order valence-corrected chi connectivity index (χ2v) is 19.6. The van der Waals surface area contributed by atoms with Gasteiger partial charge in [-0.1, -0.05) is 86.6 Å². The summed E-state index contributed by atoms with van der Waals surface area (Å²) in [6.45, 7) is 36.4. The van der Waals surface area contributed by atoms with Crippen molar-refractivity contribution in [3.05, 3.63) is 89.5 Å². The molecule has 51 heavy (non-hydrogen) atoms. The molecule has 6 nitrogen and oxygen atoms in total. The van der Waals surface area contributed by atoms with Crippen molar-refractivity contribution in [3.8, 4) is 0 Å². The number of nitrogens with one attached hydrogen (secondary N) is 3. The molecule has 0 saturated heterocycles. The van der Waals surface area contributed by atoms with Crippen molar-refractivity contribution in [3.63, 3.8) is 0 Å². The minimum Gasteiger partial charge on any atom is -0.380 e. The highest BCUT2D eigenvalue weighted by Gasteiger charge is 2.26. The van der Waals surface area contributed by atoms with Crippen LogP contribution in [-0.4, -0.2) is 34.0 Å². The van der Waals surface area contributed by atoms with Gasteiger partial charge in [-0.15, -0.1) is 0 Å². The van der Waals surface area contributed by atoms with Gasteiger partial charge < -0.3 is 16.0 Å². The number of rotatable bonds is 6. The minimum atomic E-state index is -0.352. The van der Waals surface area contributed by atoms with Crippen molar-refractivity contribution >= 4 is 34.4 Å². The minimum absolute atomic E-state index is 0.00338. The van der Waals surface area contributed by atoms with Gasteiger partial charge in [0.25, 0.3) is 0 Å². The molecule has 6 heteroatoms. The molecule has 0 aliphatic rings. The van der Waals surface area contributed by atoms with E-state index in [1.54, 1.807) is 0 Å². The van der Waals surface area contributed by atoms with Crippen LogP contribution in [0.15, 0.2) is 72.8 Å². The third-order valence-corrected chi connectivity index (χ3v) is 7.04. The quantitative estimate of drug-likeness (QED) is 0.222. The van der Waals surface area contributed by atoms with Crippen molar-refractivity contribution in [1.29, 1.82) is 0 Å². The molecule has 0 fully saturated rings. The molecule has 3 rings (SSSR count). The van der Waals surface area contributed by atoms with E-state index in [0.29, 0.717) is 0 Å². The van der Waals surface area contributed by atoms with Crippen molar-refractivity contribution in [1.82, 2.24) is 0 Å². The van der Waals surface area contributed by atoms with Crippen molar-refractivity contribution in [2.24, 2.45) is 16.2 Å². The molecule has 0 unspecified atom stereocenters. The third kappa shape index (κ3) is 17.2. The van der Waals surface area contributed by atoms with E-state index in [0.717, 1.165) is 33.8 Å². The SMILES string of the molecule is CC(C)(C)Nc1ccc(C(=O)C(C)(C)C)cc1.CC(C)(C)Nc1cccc(C(=O)C(C)(C)C)c1.CC(C)(C)Nc1ccccc1C(=O)C(C)(C)C. The van der Waals surface area contributed by atoms with Crippen molar-refractivity contribution in [2.75, 3.05) is 16.0 Å². The molecule has 0 heterocycles. The molecule has 0 radical (unpaired) electrons. The van der Waals surface area contributed by atoms with Gasteiger partial charge in [-0.05, 0) is 111 Å². The van der Waals surface area contributed by atoms with Crippen LogP contribution in [0, 0.1) is 16.2 Å². The number of carbonyl (C=O) groups excluding carboxylic acids is 3. The highest BCUT2D eigenvalue weighted by Crippen LogP contribution is 2.28. The number of hydrogen-bond donors (Lipinski definition) is 3. The maximum Gasteiger partial charge on any atom is 0.170 e. The Morgan fingerprint density at radius 1 is 0.392 bits per heavy atom. The maximum absolute atomic E-state index is 12.3. The van der Waals surface area contributed by atoms with Crippen LogP contribution in [-0.2, 0) is 0 Å². The lowest BCUT2D eigenvalue weighted by molar-refractivity contribution is 0.0852. The maximum atomic E-state index is 12.3. The fourth-order valence-corrected chi connectivity index (χ4v) is 4.77. The summed E-state index contributed by atoms with van der Waals surface area (Å²) in [5, 5.41) is 10.1. The van der Waals surface area contributed by atoms with Gasteiger partial charge in [0, 0.05) is 66.6 Å². The van der Waals surface area contributed by atoms with Crippen LogP contribution < -0.4 is 16.0 Å². The summed E-state index contributed by atoms with van der Waals surface area (Å²) in [7, 11) is 0. The fraction of sp³-hybridized carbons (Fsp3) is 0.533. The standard InChI is InChI=1S/3C15H23NO/c1-14(2,3)13(17)11-7-9-12(10-8-11)16-15(4,5)6;1-14(2,3)13(17)11-8-7-9-12(10-11)16-15(4,5)6;1-14(2,3)13(17)11-9-7-8-10-12(11)16-15(4,5)6/h3*7-10,16H,1-6H3. The summed E-state index contributed by atoms with van der Waals surface area (Å²) < 4.78 is 0. The van der Waals surface area contributed by atoms with Crippen LogP contribution in [0.2, 0.25) is 0 Å². The molecule has 0 amide bonds. The zero-order chi connectivity index (χ0) is 39.8. The van der Waals surface area contributed by atoms with Crippen LogP contribution in [0.25, 0.3) is 0 Å². The van der Waals surface area contributed by atoms with Gasteiger partial charge in [0.1, 0.15) is 0 Å². The summed E-state index contributed by atoms with van der Waals surface area (Å²) >= 11 is 0. The van der Waals surface area contributed by atoms with Gasteiger partial charge >= 0.3 is 0 Å². The lowest BCUT2D eigenvalue weighted by Crippen LogP contribution is -2.29. The number of carbonyl (C=O) groups is 3. The van der Waals surface area contributed by atoms with Crippen LogP contribution in [0.4, 0.5) is 17.1 Å². The van der Waals surface area contributed by atoms with E-state index in [2.05, 4.69) is 78.3 Å². The van der Waals surface area contributed by atoms with Gasteiger partial charge in [-0.2, -0.15) is 0 Å². The Hall–Kier alpha value is -3.93. The average molecular weight is 700 g/mol. The van der Waals surface area contributed by atoms with E-state index in [-0.39, 0.29) is 50.2 Å². The molecule has 3 N–H and O–H groups in total. The number of para-hydroxylation sites is 1. The van der Waals surface area contributed by atoms with Gasteiger partial charge in [-0.3, -0.25) is 14.4 Å².